The van der Waals surface area contributed by atoms with E-state index in [2.05, 4.69) is 4.43 Å². The summed E-state index contributed by atoms with van der Waals surface area (Å²) in [6.45, 7) is 0.0559. The van der Waals surface area contributed by atoms with Crippen LogP contribution >= 0.6 is 34.8 Å². The Balaban J connectivity index is 4.33. The Morgan fingerprint density at radius 3 is 1.53 bits per heavy atom. The number of halogens is 3. The van der Waals surface area contributed by atoms with E-state index in [-0.39, 0.29) is 12.0 Å². The van der Waals surface area contributed by atoms with Crippen molar-refractivity contribution in [2.45, 2.75) is 25.7 Å². The van der Waals surface area contributed by atoms with Gasteiger partial charge in [0.2, 0.25) is 0 Å². The fourth-order valence-corrected chi connectivity index (χ4v) is 3.33. The molecule has 0 aliphatic carbocycles. The van der Waals surface area contributed by atoms with E-state index in [4.69, 9.17) is 49.2 Å². The summed E-state index contributed by atoms with van der Waals surface area (Å²) in [6.07, 6.45) is 2.73. The van der Waals surface area contributed by atoms with Gasteiger partial charge in [-0.05, 0) is 31.1 Å². The van der Waals surface area contributed by atoms with Gasteiger partial charge in [0.1, 0.15) is 0 Å². The summed E-state index contributed by atoms with van der Waals surface area (Å²) in [4.78, 5) is 26.3. The molecule has 4 nitrogen and oxygen atoms in total. The van der Waals surface area contributed by atoms with Gasteiger partial charge in [-0.3, -0.25) is 0 Å². The SMILES string of the molecule is O[Si](O)(O)OCCC(CCCl)(CCCl)CCCl. The molecule has 0 saturated carbocycles. The Bertz CT molecular complexity index is 184. The number of alkyl halides is 3. The van der Waals surface area contributed by atoms with Gasteiger partial charge in [0.05, 0.1) is 0 Å². The summed E-state index contributed by atoms with van der Waals surface area (Å²) in [5, 5.41) is 0. The van der Waals surface area contributed by atoms with Crippen LogP contribution in [0.4, 0.5) is 0 Å². The zero-order valence-electron chi connectivity index (χ0n) is 9.54. The van der Waals surface area contributed by atoms with Crippen molar-refractivity contribution in [2.75, 3.05) is 24.2 Å². The van der Waals surface area contributed by atoms with Crippen LogP contribution in [0.3, 0.4) is 0 Å². The molecule has 0 amide bonds. The van der Waals surface area contributed by atoms with E-state index in [1.165, 1.54) is 0 Å². The molecule has 0 bridgehead atoms. The molecule has 0 rings (SSSR count). The van der Waals surface area contributed by atoms with Crippen molar-refractivity contribution in [3.63, 3.8) is 0 Å². The van der Waals surface area contributed by atoms with Crippen LogP contribution in [0.2, 0.25) is 0 Å². The van der Waals surface area contributed by atoms with E-state index in [0.29, 0.717) is 24.1 Å². The van der Waals surface area contributed by atoms with Gasteiger partial charge in [0, 0.05) is 24.2 Å². The molecule has 3 N–H and O–H groups in total. The molecule has 0 unspecified atom stereocenters. The fourth-order valence-electron chi connectivity index (χ4n) is 1.76. The highest BCUT2D eigenvalue weighted by Gasteiger charge is 2.33. The summed E-state index contributed by atoms with van der Waals surface area (Å²) in [5.41, 5.74) is -0.162. The summed E-state index contributed by atoms with van der Waals surface area (Å²) in [5.74, 6) is 1.44. The maximum Gasteiger partial charge on any atom is 0.671 e. The molecule has 0 aliphatic heterocycles. The standard InChI is InChI=1S/C9H19Cl3O4Si/c10-5-1-9(2-6-11,3-7-12)4-8-16-17(13,14)15/h13-15H,1-8H2. The Morgan fingerprint density at radius 1 is 0.824 bits per heavy atom. The molecule has 104 valence electrons. The lowest BCUT2D eigenvalue weighted by Crippen LogP contribution is -2.40. The molecule has 0 aromatic heterocycles. The Kier molecular flexibility index (Phi) is 9.42. The molecule has 0 fully saturated rings. The summed E-state index contributed by atoms with van der Waals surface area (Å²) >= 11 is 17.3. The molecular weight excluding hydrogens is 307 g/mol. The van der Waals surface area contributed by atoms with Crippen LogP contribution in [-0.4, -0.2) is 47.7 Å². The Morgan fingerprint density at radius 2 is 1.24 bits per heavy atom. The third-order valence-electron chi connectivity index (χ3n) is 2.80. The third kappa shape index (κ3) is 8.61. The second-order valence-corrected chi connectivity index (χ2v) is 6.56. The predicted molar refractivity (Wildman–Crippen MR) is 71.4 cm³/mol. The Labute approximate surface area is 118 Å². The van der Waals surface area contributed by atoms with Gasteiger partial charge in [-0.25, -0.2) is 0 Å². The van der Waals surface area contributed by atoms with Gasteiger partial charge in [-0.15, -0.1) is 34.8 Å². The van der Waals surface area contributed by atoms with Crippen LogP contribution in [0.25, 0.3) is 0 Å². The van der Waals surface area contributed by atoms with Crippen molar-refractivity contribution in [1.82, 2.24) is 0 Å². The van der Waals surface area contributed by atoms with Crippen LogP contribution in [0.1, 0.15) is 25.7 Å². The first-order valence-corrected chi connectivity index (χ1v) is 8.73. The number of rotatable bonds is 10. The topological polar surface area (TPSA) is 69.9 Å². The molecular formula is C9H19Cl3O4Si. The highest BCUT2D eigenvalue weighted by Crippen LogP contribution is 2.36. The Hall–Kier alpha value is 0.927. The minimum Gasteiger partial charge on any atom is -0.368 e. The molecule has 0 aromatic rings. The largest absolute Gasteiger partial charge is 0.671 e. The quantitative estimate of drug-likeness (QED) is 0.422. The smallest absolute Gasteiger partial charge is 0.368 e. The molecule has 8 heteroatoms. The first kappa shape index (κ1) is 17.9. The molecule has 0 atom stereocenters. The lowest BCUT2D eigenvalue weighted by atomic mass is 9.77. The second-order valence-electron chi connectivity index (χ2n) is 3.99. The maximum atomic E-state index is 8.75. The molecule has 0 saturated heterocycles. The van der Waals surface area contributed by atoms with Crippen molar-refractivity contribution in [2.24, 2.45) is 5.41 Å². The second kappa shape index (κ2) is 8.93. The van der Waals surface area contributed by atoms with E-state index in [1.807, 2.05) is 0 Å². The average molecular weight is 326 g/mol. The van der Waals surface area contributed by atoms with Crippen LogP contribution in [-0.2, 0) is 4.43 Å². The van der Waals surface area contributed by atoms with Crippen LogP contribution in [0.15, 0.2) is 0 Å². The van der Waals surface area contributed by atoms with Crippen LogP contribution < -0.4 is 0 Å². The van der Waals surface area contributed by atoms with E-state index in [1.54, 1.807) is 0 Å². The fraction of sp³-hybridized carbons (Fsp3) is 1.00. The van der Waals surface area contributed by atoms with Crippen LogP contribution in [0.5, 0.6) is 0 Å². The van der Waals surface area contributed by atoms with Crippen molar-refractivity contribution in [3.05, 3.63) is 0 Å². The van der Waals surface area contributed by atoms with E-state index >= 15 is 0 Å². The lowest BCUT2D eigenvalue weighted by molar-refractivity contribution is 0.0468. The maximum absolute atomic E-state index is 8.75. The van der Waals surface area contributed by atoms with Crippen molar-refractivity contribution in [1.29, 1.82) is 0 Å². The van der Waals surface area contributed by atoms with E-state index in [0.717, 1.165) is 19.3 Å². The zero-order valence-corrected chi connectivity index (χ0v) is 12.8. The van der Waals surface area contributed by atoms with Gasteiger partial charge >= 0.3 is 9.05 Å². The van der Waals surface area contributed by atoms with Gasteiger partial charge in [-0.1, -0.05) is 0 Å². The highest BCUT2D eigenvalue weighted by atomic mass is 35.5. The predicted octanol–water partition coefficient (Wildman–Crippen LogP) is 1.68. The summed E-state index contributed by atoms with van der Waals surface area (Å²) in [6, 6.07) is 0. The normalized spacial score (nSPS) is 13.1. The van der Waals surface area contributed by atoms with Crippen molar-refractivity contribution in [3.8, 4) is 0 Å². The molecule has 17 heavy (non-hydrogen) atoms. The minimum atomic E-state index is -4.42. The zero-order chi connectivity index (χ0) is 13.4. The average Bonchev–Trinajstić information content (AvgIpc) is 2.16. The third-order valence-corrected chi connectivity index (χ3v) is 3.96. The monoisotopic (exact) mass is 324 g/mol. The molecule has 0 heterocycles. The minimum absolute atomic E-state index is 0.0559. The van der Waals surface area contributed by atoms with Crippen molar-refractivity contribution < 1.29 is 18.8 Å². The van der Waals surface area contributed by atoms with Gasteiger partial charge in [0.25, 0.3) is 0 Å². The molecule has 0 aliphatic rings. The van der Waals surface area contributed by atoms with Gasteiger partial charge in [0.15, 0.2) is 0 Å². The molecule has 0 radical (unpaired) electrons. The number of hydrogen-bond donors (Lipinski definition) is 3. The first-order chi connectivity index (χ1) is 7.89. The molecule has 0 spiro atoms. The highest BCUT2D eigenvalue weighted by molar-refractivity contribution is 6.48. The van der Waals surface area contributed by atoms with E-state index < -0.39 is 9.05 Å². The number of hydrogen-bond acceptors (Lipinski definition) is 4. The van der Waals surface area contributed by atoms with Crippen LogP contribution in [0, 0.1) is 5.41 Å². The van der Waals surface area contributed by atoms with E-state index in [9.17, 15) is 0 Å². The van der Waals surface area contributed by atoms with Crippen molar-refractivity contribution >= 4 is 43.9 Å². The summed E-state index contributed by atoms with van der Waals surface area (Å²) in [7, 11) is -4.42. The summed E-state index contributed by atoms with van der Waals surface area (Å²) < 4.78 is 4.60. The van der Waals surface area contributed by atoms with Gasteiger partial charge < -0.3 is 18.8 Å². The van der Waals surface area contributed by atoms with Gasteiger partial charge in [-0.2, -0.15) is 0 Å². The lowest BCUT2D eigenvalue weighted by Gasteiger charge is -2.32. The molecule has 0 aromatic carbocycles. The first-order valence-electron chi connectivity index (χ1n) is 5.38.